The molecule has 2 aliphatic rings. The summed E-state index contributed by atoms with van der Waals surface area (Å²) < 4.78 is 5.44. The molecule has 0 aromatic heterocycles. The molecule has 0 radical (unpaired) electrons. The molecule has 2 aliphatic heterocycles. The van der Waals surface area contributed by atoms with Crippen molar-refractivity contribution in [2.75, 3.05) is 13.2 Å². The van der Waals surface area contributed by atoms with Crippen LogP contribution >= 0.6 is 11.6 Å². The van der Waals surface area contributed by atoms with Crippen LogP contribution in [0.15, 0.2) is 30.0 Å². The number of carbonyl (C=O) groups excluding carboxylic acids is 2. The quantitative estimate of drug-likeness (QED) is 0.869. The molecule has 1 atom stereocenters. The van der Waals surface area contributed by atoms with Crippen molar-refractivity contribution >= 4 is 29.0 Å². The number of benzene rings is 1. The number of ether oxygens (including phenoxy) is 1. The minimum absolute atomic E-state index is 0.0228. The molecule has 0 bridgehead atoms. The van der Waals surface area contributed by atoms with Gasteiger partial charge in [-0.3, -0.25) is 14.5 Å². The molecule has 1 unspecified atom stereocenters. The average Bonchev–Trinajstić information content (AvgIpc) is 3.05. The fourth-order valence-corrected chi connectivity index (χ4v) is 2.72. The maximum Gasteiger partial charge on any atom is 0.296 e. The van der Waals surface area contributed by atoms with Crippen LogP contribution in [0.1, 0.15) is 18.4 Å². The second-order valence-corrected chi connectivity index (χ2v) is 5.52. The first-order valence-corrected chi connectivity index (χ1v) is 7.12. The highest BCUT2D eigenvalue weighted by Crippen LogP contribution is 2.29. The van der Waals surface area contributed by atoms with Gasteiger partial charge < -0.3 is 9.84 Å². The molecular weight excluding hydrogens is 294 g/mol. The normalized spacial score (nSPS) is 22.5. The van der Waals surface area contributed by atoms with Crippen molar-refractivity contribution in [3.05, 3.63) is 40.6 Å². The molecule has 1 fully saturated rings. The number of imide groups is 1. The van der Waals surface area contributed by atoms with Crippen LogP contribution in [-0.2, 0) is 14.3 Å². The van der Waals surface area contributed by atoms with Gasteiger partial charge in [-0.1, -0.05) is 23.7 Å². The number of carbonyl (C=O) groups is 2. The van der Waals surface area contributed by atoms with Gasteiger partial charge in [0, 0.05) is 11.6 Å². The molecule has 6 heteroatoms. The van der Waals surface area contributed by atoms with Crippen molar-refractivity contribution in [3.8, 4) is 0 Å². The van der Waals surface area contributed by atoms with Crippen LogP contribution in [0.5, 0.6) is 0 Å². The van der Waals surface area contributed by atoms with Gasteiger partial charge in [-0.2, -0.15) is 0 Å². The van der Waals surface area contributed by atoms with E-state index >= 15 is 0 Å². The van der Waals surface area contributed by atoms with E-state index in [9.17, 15) is 14.7 Å². The van der Waals surface area contributed by atoms with Crippen molar-refractivity contribution in [3.63, 3.8) is 0 Å². The maximum absolute atomic E-state index is 12.4. The first-order valence-electron chi connectivity index (χ1n) is 6.75. The van der Waals surface area contributed by atoms with Gasteiger partial charge in [0.05, 0.1) is 18.2 Å². The lowest BCUT2D eigenvalue weighted by Gasteiger charge is -2.18. The minimum atomic E-state index is -0.666. The third kappa shape index (κ3) is 2.54. The smallest absolute Gasteiger partial charge is 0.296 e. The van der Waals surface area contributed by atoms with Crippen molar-refractivity contribution in [1.82, 2.24) is 4.90 Å². The lowest BCUT2D eigenvalue weighted by atomic mass is 10.1. The molecular formula is C15H14ClNO4. The van der Waals surface area contributed by atoms with Crippen LogP contribution in [0.3, 0.4) is 0 Å². The van der Waals surface area contributed by atoms with E-state index in [2.05, 4.69) is 0 Å². The third-order valence-electron chi connectivity index (χ3n) is 3.69. The van der Waals surface area contributed by atoms with Crippen LogP contribution < -0.4 is 0 Å². The third-order valence-corrected chi connectivity index (χ3v) is 3.94. The van der Waals surface area contributed by atoms with E-state index < -0.39 is 17.6 Å². The van der Waals surface area contributed by atoms with Crippen LogP contribution in [0.25, 0.3) is 5.57 Å². The summed E-state index contributed by atoms with van der Waals surface area (Å²) in [4.78, 5) is 25.5. The number of rotatable bonds is 3. The van der Waals surface area contributed by atoms with Crippen LogP contribution in [0.4, 0.5) is 0 Å². The van der Waals surface area contributed by atoms with Crippen molar-refractivity contribution < 1.29 is 19.4 Å². The summed E-state index contributed by atoms with van der Waals surface area (Å²) >= 11 is 5.80. The van der Waals surface area contributed by atoms with Gasteiger partial charge in [0.1, 0.15) is 0 Å². The molecule has 2 heterocycles. The highest BCUT2D eigenvalue weighted by Gasteiger charge is 2.40. The van der Waals surface area contributed by atoms with Crippen LogP contribution in [-0.4, -0.2) is 41.1 Å². The predicted octanol–water partition coefficient (Wildman–Crippen LogP) is 2.16. The molecule has 1 saturated heterocycles. The van der Waals surface area contributed by atoms with E-state index in [4.69, 9.17) is 16.3 Å². The summed E-state index contributed by atoms with van der Waals surface area (Å²) in [6.45, 7) is 0.823. The van der Waals surface area contributed by atoms with Crippen molar-refractivity contribution in [2.45, 2.75) is 18.9 Å². The Hall–Kier alpha value is -1.85. The van der Waals surface area contributed by atoms with E-state index in [1.54, 1.807) is 24.3 Å². The predicted molar refractivity (Wildman–Crippen MR) is 76.7 cm³/mol. The zero-order chi connectivity index (χ0) is 15.0. The van der Waals surface area contributed by atoms with Crippen LogP contribution in [0.2, 0.25) is 5.02 Å². The van der Waals surface area contributed by atoms with Gasteiger partial charge in [0.2, 0.25) is 0 Å². The first-order chi connectivity index (χ1) is 10.1. The molecule has 5 nitrogen and oxygen atoms in total. The SMILES string of the molecule is O=C1C(O)=C(c2ccc(Cl)cc2)C(=O)N1CC1CCCO1. The molecule has 0 aliphatic carbocycles. The summed E-state index contributed by atoms with van der Waals surface area (Å²) in [6.07, 6.45) is 1.59. The Bertz CT molecular complexity index is 617. The molecule has 1 aromatic carbocycles. The largest absolute Gasteiger partial charge is 0.502 e. The Balaban J connectivity index is 1.85. The zero-order valence-corrected chi connectivity index (χ0v) is 12.0. The van der Waals surface area contributed by atoms with E-state index in [0.717, 1.165) is 17.7 Å². The van der Waals surface area contributed by atoms with Gasteiger partial charge in [-0.05, 0) is 30.5 Å². The number of hydrogen-bond donors (Lipinski definition) is 1. The monoisotopic (exact) mass is 307 g/mol. The molecule has 110 valence electrons. The van der Waals surface area contributed by atoms with Gasteiger partial charge >= 0.3 is 0 Å². The van der Waals surface area contributed by atoms with Gasteiger partial charge in [-0.15, -0.1) is 0 Å². The Morgan fingerprint density at radius 3 is 2.57 bits per heavy atom. The Kier molecular flexibility index (Phi) is 3.69. The summed E-state index contributed by atoms with van der Waals surface area (Å²) in [7, 11) is 0. The first kappa shape index (κ1) is 14.1. The number of amides is 2. The lowest BCUT2D eigenvalue weighted by molar-refractivity contribution is -0.139. The highest BCUT2D eigenvalue weighted by atomic mass is 35.5. The van der Waals surface area contributed by atoms with Crippen LogP contribution in [0, 0.1) is 0 Å². The van der Waals surface area contributed by atoms with E-state index in [0.29, 0.717) is 17.2 Å². The Labute approximate surface area is 126 Å². The van der Waals surface area contributed by atoms with Gasteiger partial charge in [0.15, 0.2) is 5.76 Å². The Morgan fingerprint density at radius 2 is 1.95 bits per heavy atom. The highest BCUT2D eigenvalue weighted by molar-refractivity contribution is 6.35. The summed E-state index contributed by atoms with van der Waals surface area (Å²) in [5, 5.41) is 10.5. The molecule has 21 heavy (non-hydrogen) atoms. The number of aliphatic hydroxyl groups excluding tert-OH is 1. The fourth-order valence-electron chi connectivity index (χ4n) is 2.60. The molecule has 1 aromatic rings. The molecule has 0 spiro atoms. The van der Waals surface area contributed by atoms with E-state index in [1.807, 2.05) is 0 Å². The topological polar surface area (TPSA) is 66.8 Å². The summed E-state index contributed by atoms with van der Waals surface area (Å²) in [5.41, 5.74) is 0.500. The minimum Gasteiger partial charge on any atom is -0.502 e. The number of halogens is 1. The molecule has 3 rings (SSSR count). The Morgan fingerprint density at radius 1 is 1.24 bits per heavy atom. The second kappa shape index (κ2) is 5.50. The van der Waals surface area contributed by atoms with Gasteiger partial charge in [0.25, 0.3) is 11.8 Å². The number of nitrogens with zero attached hydrogens (tertiary/aromatic N) is 1. The summed E-state index contributed by atoms with van der Waals surface area (Å²) in [5.74, 6) is -1.67. The van der Waals surface area contributed by atoms with Crippen molar-refractivity contribution in [1.29, 1.82) is 0 Å². The standard InChI is InChI=1S/C15H14ClNO4/c16-10-5-3-9(4-6-10)12-13(18)15(20)17(14(12)19)8-11-2-1-7-21-11/h3-6,11,18H,1-2,7-8H2. The summed E-state index contributed by atoms with van der Waals surface area (Å²) in [6, 6.07) is 6.43. The molecule has 0 saturated carbocycles. The van der Waals surface area contributed by atoms with Crippen molar-refractivity contribution in [2.24, 2.45) is 0 Å². The molecule has 1 N–H and O–H groups in total. The number of aliphatic hydroxyl groups is 1. The van der Waals surface area contributed by atoms with Gasteiger partial charge in [-0.25, -0.2) is 0 Å². The second-order valence-electron chi connectivity index (χ2n) is 5.09. The number of hydrogen-bond acceptors (Lipinski definition) is 4. The average molecular weight is 308 g/mol. The lowest BCUT2D eigenvalue weighted by Crippen LogP contribution is -2.38. The zero-order valence-electron chi connectivity index (χ0n) is 11.2. The van der Waals surface area contributed by atoms with E-state index in [1.165, 1.54) is 0 Å². The molecule has 2 amide bonds. The maximum atomic E-state index is 12.4. The fraction of sp³-hybridized carbons (Fsp3) is 0.333. The van der Waals surface area contributed by atoms with E-state index in [-0.39, 0.29) is 18.2 Å².